The van der Waals surface area contributed by atoms with Gasteiger partial charge in [0.05, 0.1) is 0 Å². The first-order valence-corrected chi connectivity index (χ1v) is 6.19. The van der Waals surface area contributed by atoms with Gasteiger partial charge >= 0.3 is 24.4 Å². The molecule has 0 aromatic heterocycles. The van der Waals surface area contributed by atoms with Crippen LogP contribution in [0.2, 0.25) is 0 Å². The van der Waals surface area contributed by atoms with Crippen LogP contribution in [-0.4, -0.2) is 70.9 Å². The SMILES string of the molecule is CCN(NC(=O)OCCOC(=O)NN(CC)C(=O)O)C(=O)O. The lowest BCUT2D eigenvalue weighted by atomic mass is 10.7. The molecule has 0 unspecified atom stereocenters. The van der Waals surface area contributed by atoms with Crippen molar-refractivity contribution in [2.75, 3.05) is 26.3 Å². The first kappa shape index (κ1) is 19.1. The van der Waals surface area contributed by atoms with E-state index in [1.165, 1.54) is 13.8 Å². The zero-order chi connectivity index (χ0) is 17.1. The first-order valence-electron chi connectivity index (χ1n) is 6.19. The summed E-state index contributed by atoms with van der Waals surface area (Å²) in [5.41, 5.74) is 3.88. The van der Waals surface area contributed by atoms with E-state index < -0.39 is 24.4 Å². The molecule has 0 aliphatic carbocycles. The largest absolute Gasteiger partial charge is 0.464 e. The molecule has 22 heavy (non-hydrogen) atoms. The van der Waals surface area contributed by atoms with Gasteiger partial charge in [-0.1, -0.05) is 0 Å². The number of carbonyl (C=O) groups excluding carboxylic acids is 2. The Kier molecular flexibility index (Phi) is 8.59. The molecular formula is C10H18N4O8. The molecule has 0 saturated carbocycles. The summed E-state index contributed by atoms with van der Waals surface area (Å²) in [5.74, 6) is 0. The van der Waals surface area contributed by atoms with E-state index in [0.717, 1.165) is 0 Å². The third-order valence-corrected chi connectivity index (χ3v) is 2.10. The molecule has 0 heterocycles. The van der Waals surface area contributed by atoms with Crippen LogP contribution < -0.4 is 10.9 Å². The molecule has 12 nitrogen and oxygen atoms in total. The van der Waals surface area contributed by atoms with Crippen molar-refractivity contribution >= 4 is 24.4 Å². The van der Waals surface area contributed by atoms with Gasteiger partial charge in [-0.2, -0.15) is 0 Å². The van der Waals surface area contributed by atoms with Crippen molar-refractivity contribution in [2.45, 2.75) is 13.8 Å². The Hall–Kier alpha value is -2.92. The van der Waals surface area contributed by atoms with Gasteiger partial charge in [0.25, 0.3) is 0 Å². The monoisotopic (exact) mass is 322 g/mol. The fraction of sp³-hybridized carbons (Fsp3) is 0.600. The topological polar surface area (TPSA) is 158 Å². The Morgan fingerprint density at radius 2 is 1.14 bits per heavy atom. The number of rotatable bonds is 5. The minimum absolute atomic E-state index is 0.0192. The number of nitrogens with one attached hydrogen (secondary N) is 2. The Bertz CT molecular complexity index is 378. The lowest BCUT2D eigenvalue weighted by Gasteiger charge is -2.18. The summed E-state index contributed by atoms with van der Waals surface area (Å²) in [5, 5.41) is 18.5. The third-order valence-electron chi connectivity index (χ3n) is 2.10. The van der Waals surface area contributed by atoms with E-state index in [-0.39, 0.29) is 26.3 Å². The fourth-order valence-corrected chi connectivity index (χ4v) is 1.08. The maximum Gasteiger partial charge on any atom is 0.426 e. The second-order valence-electron chi connectivity index (χ2n) is 3.55. The van der Waals surface area contributed by atoms with Crippen LogP contribution in [0.4, 0.5) is 19.2 Å². The number of hydrogen-bond acceptors (Lipinski definition) is 6. The van der Waals surface area contributed by atoms with Gasteiger partial charge in [-0.3, -0.25) is 0 Å². The number of amides is 4. The van der Waals surface area contributed by atoms with Gasteiger partial charge < -0.3 is 19.7 Å². The first-order chi connectivity index (χ1) is 10.3. The van der Waals surface area contributed by atoms with Crippen LogP contribution in [0.3, 0.4) is 0 Å². The Balaban J connectivity index is 3.92. The van der Waals surface area contributed by atoms with E-state index in [4.69, 9.17) is 10.2 Å². The zero-order valence-corrected chi connectivity index (χ0v) is 12.1. The molecular weight excluding hydrogens is 304 g/mol. The van der Waals surface area contributed by atoms with Gasteiger partial charge in [0.2, 0.25) is 0 Å². The molecule has 4 amide bonds. The van der Waals surface area contributed by atoms with Gasteiger partial charge in [0.1, 0.15) is 13.2 Å². The Morgan fingerprint density at radius 1 is 0.818 bits per heavy atom. The van der Waals surface area contributed by atoms with E-state index in [1.54, 1.807) is 0 Å². The van der Waals surface area contributed by atoms with Gasteiger partial charge in [-0.15, -0.1) is 0 Å². The molecule has 4 N–H and O–H groups in total. The normalized spacial score (nSPS) is 9.36. The molecule has 0 aromatic carbocycles. The maximum atomic E-state index is 11.2. The van der Waals surface area contributed by atoms with Crippen LogP contribution in [0.15, 0.2) is 0 Å². The quantitative estimate of drug-likeness (QED) is 0.414. The van der Waals surface area contributed by atoms with Crippen LogP contribution in [-0.2, 0) is 9.47 Å². The van der Waals surface area contributed by atoms with Crippen LogP contribution in [0.25, 0.3) is 0 Å². The molecule has 0 aliphatic heterocycles. The van der Waals surface area contributed by atoms with Gasteiger partial charge in [-0.25, -0.2) is 40.0 Å². The van der Waals surface area contributed by atoms with Crippen molar-refractivity contribution in [3.8, 4) is 0 Å². The molecule has 0 aromatic rings. The highest BCUT2D eigenvalue weighted by atomic mass is 16.6. The predicted molar refractivity (Wildman–Crippen MR) is 69.8 cm³/mol. The molecule has 0 spiro atoms. The highest BCUT2D eigenvalue weighted by Crippen LogP contribution is 1.89. The maximum absolute atomic E-state index is 11.2. The molecule has 0 saturated heterocycles. The molecule has 12 heteroatoms. The van der Waals surface area contributed by atoms with Crippen molar-refractivity contribution in [3.63, 3.8) is 0 Å². The summed E-state index contributed by atoms with van der Waals surface area (Å²) in [6, 6.07) is 0. The lowest BCUT2D eigenvalue weighted by molar-refractivity contribution is 0.0651. The van der Waals surface area contributed by atoms with E-state index in [0.29, 0.717) is 10.0 Å². The van der Waals surface area contributed by atoms with Gasteiger partial charge in [0.15, 0.2) is 0 Å². The molecule has 0 bridgehead atoms. The second-order valence-corrected chi connectivity index (χ2v) is 3.55. The van der Waals surface area contributed by atoms with Crippen molar-refractivity contribution in [2.24, 2.45) is 0 Å². The van der Waals surface area contributed by atoms with Crippen LogP contribution in [0.1, 0.15) is 13.8 Å². The summed E-state index contributed by atoms with van der Waals surface area (Å²) >= 11 is 0. The minimum Gasteiger partial charge on any atom is -0.464 e. The van der Waals surface area contributed by atoms with Crippen molar-refractivity contribution < 1.29 is 38.9 Å². The number of nitrogens with zero attached hydrogens (tertiary/aromatic N) is 2. The number of hydrazine groups is 2. The molecule has 0 radical (unpaired) electrons. The summed E-state index contributed by atoms with van der Waals surface area (Å²) < 4.78 is 9.13. The highest BCUT2D eigenvalue weighted by molar-refractivity contribution is 5.73. The summed E-state index contributed by atoms with van der Waals surface area (Å²) in [7, 11) is 0. The van der Waals surface area contributed by atoms with Crippen molar-refractivity contribution in [1.82, 2.24) is 20.9 Å². The van der Waals surface area contributed by atoms with Gasteiger partial charge in [0, 0.05) is 13.1 Å². The summed E-state index contributed by atoms with van der Waals surface area (Å²) in [6.07, 6.45) is -4.78. The average Bonchev–Trinajstić information content (AvgIpc) is 2.45. The predicted octanol–water partition coefficient (Wildman–Crippen LogP) is 0.269. The second kappa shape index (κ2) is 9.90. The summed E-state index contributed by atoms with van der Waals surface area (Å²) in [4.78, 5) is 43.6. The van der Waals surface area contributed by atoms with E-state index in [1.807, 2.05) is 10.9 Å². The van der Waals surface area contributed by atoms with E-state index in [2.05, 4.69) is 9.47 Å². The van der Waals surface area contributed by atoms with Crippen molar-refractivity contribution in [1.29, 1.82) is 0 Å². The highest BCUT2D eigenvalue weighted by Gasteiger charge is 2.15. The number of ether oxygens (including phenoxy) is 2. The molecule has 0 rings (SSSR count). The Labute approximate surface area is 125 Å². The average molecular weight is 322 g/mol. The van der Waals surface area contributed by atoms with E-state index >= 15 is 0 Å². The third kappa shape index (κ3) is 7.62. The standard InChI is InChI=1S/C10H18N4O8/c1-3-13(9(17)18)11-7(15)21-5-6-22-8(16)12-14(4-2)10(19)20/h3-6H2,1-2H3,(H,11,15)(H,12,16)(H,17,18)(H,19,20). The molecule has 0 aliphatic rings. The Morgan fingerprint density at radius 3 is 1.36 bits per heavy atom. The minimum atomic E-state index is -1.36. The van der Waals surface area contributed by atoms with Gasteiger partial charge in [-0.05, 0) is 13.8 Å². The van der Waals surface area contributed by atoms with E-state index in [9.17, 15) is 19.2 Å². The number of carboxylic acid groups (broad SMARTS) is 2. The smallest absolute Gasteiger partial charge is 0.426 e. The zero-order valence-electron chi connectivity index (χ0n) is 12.1. The number of hydrogen-bond donors (Lipinski definition) is 4. The van der Waals surface area contributed by atoms with Crippen molar-refractivity contribution in [3.05, 3.63) is 0 Å². The fourth-order valence-electron chi connectivity index (χ4n) is 1.08. The molecule has 0 fully saturated rings. The van der Waals surface area contributed by atoms with Crippen LogP contribution in [0.5, 0.6) is 0 Å². The summed E-state index contributed by atoms with van der Waals surface area (Å²) in [6.45, 7) is 2.37. The number of carbonyl (C=O) groups is 4. The molecule has 126 valence electrons. The molecule has 0 atom stereocenters. The van der Waals surface area contributed by atoms with Crippen LogP contribution in [0, 0.1) is 0 Å². The lowest BCUT2D eigenvalue weighted by Crippen LogP contribution is -2.46. The van der Waals surface area contributed by atoms with Crippen LogP contribution >= 0.6 is 0 Å².